The van der Waals surface area contributed by atoms with Gasteiger partial charge in [0.1, 0.15) is 11.5 Å². The number of alkyl halides is 2. The van der Waals surface area contributed by atoms with Crippen LogP contribution in [0.15, 0.2) is 22.1 Å². The van der Waals surface area contributed by atoms with E-state index in [-0.39, 0.29) is 57.5 Å². The topological polar surface area (TPSA) is 146 Å². The van der Waals surface area contributed by atoms with Gasteiger partial charge in [0, 0.05) is 80.3 Å². The molecular formula is C36H42Br2N2O6. The van der Waals surface area contributed by atoms with Crippen LogP contribution >= 0.6 is 31.9 Å². The molecule has 0 atom stereocenters. The number of fused-ring (bicyclic) bond motifs is 2. The SMILES string of the molecule is Cc1cc2c(C(C)C)c(O)c(O)c(C=NCCCBr)c2c(O)c1-c1c(C)cc2c(C(C)C)c(O)c(O)c(C=NCCCBr)c2c1O. The number of rotatable bonds is 11. The van der Waals surface area contributed by atoms with Gasteiger partial charge in [-0.25, -0.2) is 0 Å². The molecule has 0 heterocycles. The Morgan fingerprint density at radius 3 is 1.24 bits per heavy atom. The zero-order valence-electron chi connectivity index (χ0n) is 27.0. The van der Waals surface area contributed by atoms with Crippen molar-refractivity contribution >= 4 is 65.8 Å². The fourth-order valence-corrected chi connectivity index (χ4v) is 6.74. The first-order valence-corrected chi connectivity index (χ1v) is 17.6. The number of aromatic hydroxyl groups is 6. The minimum Gasteiger partial charge on any atom is -0.507 e. The Labute approximate surface area is 286 Å². The quantitative estimate of drug-likeness (QED) is 0.0390. The van der Waals surface area contributed by atoms with E-state index in [1.807, 2.05) is 53.7 Å². The Bertz CT molecular complexity index is 1730. The average molecular weight is 759 g/mol. The molecule has 6 N–H and O–H groups in total. The zero-order valence-corrected chi connectivity index (χ0v) is 30.2. The van der Waals surface area contributed by atoms with E-state index in [0.717, 1.165) is 23.5 Å². The van der Waals surface area contributed by atoms with Gasteiger partial charge in [0.15, 0.2) is 23.0 Å². The van der Waals surface area contributed by atoms with E-state index in [9.17, 15) is 30.6 Å². The van der Waals surface area contributed by atoms with E-state index in [1.165, 1.54) is 12.4 Å². The molecular weight excluding hydrogens is 716 g/mol. The number of aryl methyl sites for hydroxylation is 2. The summed E-state index contributed by atoms with van der Waals surface area (Å²) < 4.78 is 0. The van der Waals surface area contributed by atoms with Gasteiger partial charge in [-0.2, -0.15) is 0 Å². The van der Waals surface area contributed by atoms with E-state index >= 15 is 0 Å². The highest BCUT2D eigenvalue weighted by molar-refractivity contribution is 9.09. The van der Waals surface area contributed by atoms with Crippen LogP contribution in [0.25, 0.3) is 32.7 Å². The monoisotopic (exact) mass is 756 g/mol. The van der Waals surface area contributed by atoms with Crippen molar-refractivity contribution in [2.24, 2.45) is 9.98 Å². The first kappa shape index (κ1) is 35.4. The minimum atomic E-state index is -0.382. The molecule has 10 heteroatoms. The number of aliphatic imine (C=N–C) groups is 2. The van der Waals surface area contributed by atoms with Crippen molar-refractivity contribution < 1.29 is 30.6 Å². The maximum atomic E-state index is 12.1. The van der Waals surface area contributed by atoms with Gasteiger partial charge in [-0.05, 0) is 60.4 Å². The normalized spacial score (nSPS) is 12.3. The van der Waals surface area contributed by atoms with Gasteiger partial charge in [-0.3, -0.25) is 9.98 Å². The van der Waals surface area contributed by atoms with Gasteiger partial charge < -0.3 is 30.6 Å². The van der Waals surface area contributed by atoms with Crippen molar-refractivity contribution in [1.29, 1.82) is 0 Å². The Morgan fingerprint density at radius 1 is 0.587 bits per heavy atom. The van der Waals surface area contributed by atoms with Gasteiger partial charge in [-0.15, -0.1) is 0 Å². The molecule has 0 aliphatic carbocycles. The van der Waals surface area contributed by atoms with Crippen LogP contribution in [0.2, 0.25) is 0 Å². The Kier molecular flexibility index (Phi) is 11.2. The van der Waals surface area contributed by atoms with E-state index in [1.54, 1.807) is 0 Å². The lowest BCUT2D eigenvalue weighted by Crippen LogP contribution is -2.01. The summed E-state index contributed by atoms with van der Waals surface area (Å²) in [5, 5.41) is 72.0. The van der Waals surface area contributed by atoms with Crippen molar-refractivity contribution in [2.75, 3.05) is 23.7 Å². The summed E-state index contributed by atoms with van der Waals surface area (Å²) in [5.74, 6) is -2.05. The number of phenols is 6. The summed E-state index contributed by atoms with van der Waals surface area (Å²) in [6.07, 6.45) is 4.45. The smallest absolute Gasteiger partial charge is 0.167 e. The number of hydrogen-bond donors (Lipinski definition) is 6. The van der Waals surface area contributed by atoms with E-state index in [4.69, 9.17) is 0 Å². The third-order valence-electron chi connectivity index (χ3n) is 8.27. The molecule has 0 unspecified atom stereocenters. The lowest BCUT2D eigenvalue weighted by atomic mass is 9.83. The average Bonchev–Trinajstić information content (AvgIpc) is 2.98. The highest BCUT2D eigenvalue weighted by Crippen LogP contribution is 2.54. The maximum Gasteiger partial charge on any atom is 0.167 e. The predicted molar refractivity (Wildman–Crippen MR) is 196 cm³/mol. The Morgan fingerprint density at radius 2 is 0.935 bits per heavy atom. The fraction of sp³-hybridized carbons (Fsp3) is 0.389. The molecule has 4 aromatic rings. The van der Waals surface area contributed by atoms with Crippen molar-refractivity contribution in [2.45, 2.75) is 66.2 Å². The van der Waals surface area contributed by atoms with Crippen molar-refractivity contribution in [3.8, 4) is 45.6 Å². The van der Waals surface area contributed by atoms with Crippen molar-refractivity contribution in [1.82, 2.24) is 0 Å². The van der Waals surface area contributed by atoms with Crippen LogP contribution in [-0.2, 0) is 0 Å². The lowest BCUT2D eigenvalue weighted by molar-refractivity contribution is 0.398. The molecule has 4 aromatic carbocycles. The molecule has 0 fully saturated rings. The number of hydrogen-bond acceptors (Lipinski definition) is 8. The standard InChI is InChI=1S/C36H42Br2N2O6/c1-17(2)25-21-13-19(5)27(33(43)29(21)23(31(41)35(25)45)15-39-11-7-9-37)28-20(6)14-22-26(18(3)4)36(46)32(42)24(30(22)34(28)44)16-40-12-8-10-38/h13-18,41-46H,7-12H2,1-6H3. The number of halogens is 2. The van der Waals surface area contributed by atoms with Gasteiger partial charge in [-0.1, -0.05) is 71.7 Å². The summed E-state index contributed by atoms with van der Waals surface area (Å²) in [4.78, 5) is 8.88. The van der Waals surface area contributed by atoms with E-state index < -0.39 is 0 Å². The van der Waals surface area contributed by atoms with Gasteiger partial charge in [0.25, 0.3) is 0 Å². The largest absolute Gasteiger partial charge is 0.507 e. The van der Waals surface area contributed by atoms with Crippen LogP contribution in [0.5, 0.6) is 34.5 Å². The summed E-state index contributed by atoms with van der Waals surface area (Å²) in [6.45, 7) is 12.1. The molecule has 0 bridgehead atoms. The van der Waals surface area contributed by atoms with E-state index in [2.05, 4.69) is 41.8 Å². The molecule has 0 saturated heterocycles. The molecule has 0 saturated carbocycles. The summed E-state index contributed by atoms with van der Waals surface area (Å²) >= 11 is 6.79. The lowest BCUT2D eigenvalue weighted by Gasteiger charge is -2.23. The Hall–Kier alpha value is -3.50. The first-order valence-electron chi connectivity index (χ1n) is 15.4. The first-order chi connectivity index (χ1) is 21.8. The molecule has 246 valence electrons. The van der Waals surface area contributed by atoms with Crippen LogP contribution in [0.3, 0.4) is 0 Å². The third kappa shape index (κ3) is 6.26. The predicted octanol–water partition coefficient (Wildman–Crippen LogP) is 9.17. The van der Waals surface area contributed by atoms with Crippen molar-refractivity contribution in [3.63, 3.8) is 0 Å². The second kappa shape index (κ2) is 14.5. The second-order valence-corrected chi connectivity index (χ2v) is 13.8. The van der Waals surface area contributed by atoms with Crippen molar-refractivity contribution in [3.05, 3.63) is 45.5 Å². The molecule has 4 rings (SSSR count). The molecule has 8 nitrogen and oxygen atoms in total. The molecule has 0 spiro atoms. The summed E-state index contributed by atoms with van der Waals surface area (Å²) in [6, 6.07) is 3.68. The second-order valence-electron chi connectivity index (χ2n) is 12.2. The van der Waals surface area contributed by atoms with Gasteiger partial charge in [0.05, 0.1) is 0 Å². The molecule has 0 radical (unpaired) electrons. The maximum absolute atomic E-state index is 12.1. The fourth-order valence-electron chi connectivity index (χ4n) is 6.24. The number of benzene rings is 4. The van der Waals surface area contributed by atoms with Crippen LogP contribution < -0.4 is 0 Å². The van der Waals surface area contributed by atoms with Gasteiger partial charge >= 0.3 is 0 Å². The van der Waals surface area contributed by atoms with Crippen LogP contribution in [-0.4, -0.2) is 66.8 Å². The molecule has 0 amide bonds. The van der Waals surface area contributed by atoms with Crippen LogP contribution in [0, 0.1) is 13.8 Å². The van der Waals surface area contributed by atoms with Crippen LogP contribution in [0.1, 0.15) is 85.8 Å². The molecule has 46 heavy (non-hydrogen) atoms. The molecule has 0 aliphatic rings. The third-order valence-corrected chi connectivity index (χ3v) is 9.39. The van der Waals surface area contributed by atoms with Gasteiger partial charge in [0.2, 0.25) is 0 Å². The van der Waals surface area contributed by atoms with Crippen LogP contribution in [0.4, 0.5) is 0 Å². The zero-order chi connectivity index (χ0) is 34.0. The number of phenolic OH excluding ortho intramolecular Hbond substituents is 6. The summed E-state index contributed by atoms with van der Waals surface area (Å²) in [5.41, 5.74) is 3.23. The molecule has 0 aromatic heterocycles. The number of nitrogens with zero attached hydrogens (tertiary/aromatic N) is 2. The highest BCUT2D eigenvalue weighted by atomic mass is 79.9. The minimum absolute atomic E-state index is 0.174. The Balaban J connectivity index is 2.19. The highest BCUT2D eigenvalue weighted by Gasteiger charge is 2.29. The molecule has 0 aliphatic heterocycles. The summed E-state index contributed by atoms with van der Waals surface area (Å²) in [7, 11) is 0. The van der Waals surface area contributed by atoms with E-state index in [0.29, 0.717) is 68.0 Å².